The Bertz CT molecular complexity index is 824. The van der Waals surface area contributed by atoms with Crippen LogP contribution in [0, 0.1) is 0 Å². The Balaban J connectivity index is 2.42. The number of methoxy groups -OCH3 is 2. The summed E-state index contributed by atoms with van der Waals surface area (Å²) >= 11 is 2.39. The topological polar surface area (TPSA) is 78.9 Å². The fourth-order valence-corrected chi connectivity index (χ4v) is 4.33. The van der Waals surface area contributed by atoms with Crippen molar-refractivity contribution in [2.75, 3.05) is 26.6 Å². The third-order valence-electron chi connectivity index (χ3n) is 3.15. The minimum Gasteiger partial charge on any atom is -0.468 e. The van der Waals surface area contributed by atoms with Crippen LogP contribution in [0.15, 0.2) is 35.7 Å². The normalized spacial score (nSPS) is 10.3. The van der Waals surface area contributed by atoms with Gasteiger partial charge in [-0.15, -0.1) is 23.1 Å². The minimum absolute atomic E-state index is 0.0649. The van der Waals surface area contributed by atoms with Gasteiger partial charge in [-0.2, -0.15) is 0 Å². The van der Waals surface area contributed by atoms with E-state index in [-0.39, 0.29) is 12.4 Å². The van der Waals surface area contributed by atoms with E-state index in [1.165, 1.54) is 43.4 Å². The summed E-state index contributed by atoms with van der Waals surface area (Å²) in [5, 5.41) is 0.763. The molecular weight excluding hydrogens is 364 g/mol. The number of ether oxygens (including phenoxy) is 3. The number of thiophene rings is 1. The lowest BCUT2D eigenvalue weighted by molar-refractivity contribution is -0.137. The Morgan fingerprint density at radius 1 is 1.20 bits per heavy atom. The molecule has 6 nitrogen and oxygen atoms in total. The lowest BCUT2D eigenvalue weighted by Gasteiger charge is -2.04. The Labute approximate surface area is 152 Å². The second-order valence-corrected chi connectivity index (χ2v) is 6.75. The fourth-order valence-electron chi connectivity index (χ4n) is 1.98. The van der Waals surface area contributed by atoms with Crippen LogP contribution >= 0.6 is 23.1 Å². The van der Waals surface area contributed by atoms with Crippen molar-refractivity contribution in [3.63, 3.8) is 0 Å². The maximum atomic E-state index is 12.0. The quantitative estimate of drug-likeness (QED) is 0.316. The molecule has 0 radical (unpaired) electrons. The highest BCUT2D eigenvalue weighted by molar-refractivity contribution is 8.00. The van der Waals surface area contributed by atoms with E-state index >= 15 is 0 Å². The van der Waals surface area contributed by atoms with Crippen LogP contribution in [0.3, 0.4) is 0 Å². The molecule has 0 fully saturated rings. The average Bonchev–Trinajstić information content (AvgIpc) is 3.00. The third-order valence-corrected chi connectivity index (χ3v) is 5.50. The number of benzene rings is 1. The highest BCUT2D eigenvalue weighted by Crippen LogP contribution is 2.39. The predicted octanol–water partition coefficient (Wildman–Crippen LogP) is 3.30. The zero-order chi connectivity index (χ0) is 18.4. The summed E-state index contributed by atoms with van der Waals surface area (Å²) in [5.74, 6) is -1.30. The number of thioether (sulfide) groups is 1. The molecule has 1 heterocycles. The molecule has 2 aromatic rings. The van der Waals surface area contributed by atoms with Crippen molar-refractivity contribution in [3.8, 4) is 0 Å². The second-order valence-electron chi connectivity index (χ2n) is 4.71. The highest BCUT2D eigenvalue weighted by atomic mass is 32.2. The molecule has 1 aromatic heterocycles. The van der Waals surface area contributed by atoms with Gasteiger partial charge in [0.05, 0.1) is 25.5 Å². The summed E-state index contributed by atoms with van der Waals surface area (Å²) in [4.78, 5) is 36.4. The maximum absolute atomic E-state index is 12.0. The summed E-state index contributed by atoms with van der Waals surface area (Å²) in [7, 11) is 2.59. The van der Waals surface area contributed by atoms with E-state index in [9.17, 15) is 14.4 Å². The molecule has 0 bridgehead atoms. The lowest BCUT2D eigenvalue weighted by Crippen LogP contribution is -2.05. The van der Waals surface area contributed by atoms with Crippen LogP contribution < -0.4 is 0 Å². The molecule has 2 rings (SSSR count). The number of fused-ring (bicyclic) bond motifs is 1. The fraction of sp³-hybridized carbons (Fsp3) is 0.235. The Morgan fingerprint density at radius 2 is 1.96 bits per heavy atom. The van der Waals surface area contributed by atoms with E-state index in [1.807, 2.05) is 0 Å². The molecule has 0 saturated heterocycles. The number of esters is 3. The summed E-state index contributed by atoms with van der Waals surface area (Å²) < 4.78 is 15.2. The smallest absolute Gasteiger partial charge is 0.349 e. The first-order chi connectivity index (χ1) is 12.0. The molecule has 0 N–H and O–H groups in total. The van der Waals surface area contributed by atoms with Gasteiger partial charge in [-0.3, -0.25) is 4.79 Å². The van der Waals surface area contributed by atoms with E-state index in [1.54, 1.807) is 18.2 Å². The Kier molecular flexibility index (Phi) is 6.60. The molecule has 0 unspecified atom stereocenters. The van der Waals surface area contributed by atoms with Gasteiger partial charge in [0.2, 0.25) is 0 Å². The van der Waals surface area contributed by atoms with Gasteiger partial charge < -0.3 is 14.2 Å². The van der Waals surface area contributed by atoms with Crippen LogP contribution in [0.4, 0.5) is 0 Å². The summed E-state index contributed by atoms with van der Waals surface area (Å²) in [6.45, 7) is 3.61. The average molecular weight is 380 g/mol. The summed E-state index contributed by atoms with van der Waals surface area (Å²) in [6, 6.07) is 4.99. The van der Waals surface area contributed by atoms with Crippen LogP contribution in [-0.2, 0) is 19.0 Å². The molecule has 0 aliphatic heterocycles. The molecule has 0 spiro atoms. The molecule has 0 amide bonds. The molecule has 8 heteroatoms. The van der Waals surface area contributed by atoms with Gasteiger partial charge in [-0.25, -0.2) is 9.59 Å². The number of carbonyl (C=O) groups is 3. The standard InChI is InChI=1S/C17H16O6S2/c1-4-7-23-16(19)10-5-6-11-12(8-10)25-15(17(20)22-3)14(11)24-9-13(18)21-2/h4-6,8H,1,7,9H2,2-3H3. The highest BCUT2D eigenvalue weighted by Gasteiger charge is 2.21. The molecule has 0 aliphatic carbocycles. The van der Waals surface area contributed by atoms with E-state index in [0.29, 0.717) is 15.3 Å². The van der Waals surface area contributed by atoms with E-state index in [4.69, 9.17) is 9.47 Å². The number of carbonyl (C=O) groups excluding carboxylic acids is 3. The SMILES string of the molecule is C=CCOC(=O)c1ccc2c(SCC(=O)OC)c(C(=O)OC)sc2c1. The zero-order valence-corrected chi connectivity index (χ0v) is 15.3. The van der Waals surface area contributed by atoms with Crippen LogP contribution in [0.1, 0.15) is 20.0 Å². The first-order valence-electron chi connectivity index (χ1n) is 7.14. The molecule has 0 aliphatic rings. The van der Waals surface area contributed by atoms with Crippen molar-refractivity contribution in [1.29, 1.82) is 0 Å². The second kappa shape index (κ2) is 8.68. The Morgan fingerprint density at radius 3 is 2.60 bits per heavy atom. The summed E-state index contributed by atoms with van der Waals surface area (Å²) in [6.07, 6.45) is 1.48. The number of hydrogen-bond donors (Lipinski definition) is 0. The van der Waals surface area contributed by atoms with Crippen LogP contribution in [0.25, 0.3) is 10.1 Å². The van der Waals surface area contributed by atoms with Crippen molar-refractivity contribution in [1.82, 2.24) is 0 Å². The van der Waals surface area contributed by atoms with Gasteiger partial charge in [0.15, 0.2) is 0 Å². The molecule has 132 valence electrons. The van der Waals surface area contributed by atoms with Gasteiger partial charge in [0.1, 0.15) is 11.5 Å². The van der Waals surface area contributed by atoms with Crippen molar-refractivity contribution < 1.29 is 28.6 Å². The largest absolute Gasteiger partial charge is 0.468 e. The molecule has 0 atom stereocenters. The van der Waals surface area contributed by atoms with Crippen molar-refractivity contribution >= 4 is 51.1 Å². The van der Waals surface area contributed by atoms with E-state index in [2.05, 4.69) is 11.3 Å². The molecule has 1 aromatic carbocycles. The first kappa shape index (κ1) is 19.0. The Hall–Kier alpha value is -2.32. The number of hydrogen-bond acceptors (Lipinski definition) is 8. The minimum atomic E-state index is -0.496. The van der Waals surface area contributed by atoms with Gasteiger partial charge in [-0.05, 0) is 12.1 Å². The van der Waals surface area contributed by atoms with Crippen molar-refractivity contribution in [2.45, 2.75) is 4.90 Å². The molecule has 0 saturated carbocycles. The van der Waals surface area contributed by atoms with Crippen molar-refractivity contribution in [2.24, 2.45) is 0 Å². The van der Waals surface area contributed by atoms with Crippen LogP contribution in [-0.4, -0.2) is 44.5 Å². The maximum Gasteiger partial charge on any atom is 0.349 e. The lowest BCUT2D eigenvalue weighted by atomic mass is 10.2. The number of rotatable bonds is 7. The predicted molar refractivity (Wildman–Crippen MR) is 96.4 cm³/mol. The van der Waals surface area contributed by atoms with E-state index < -0.39 is 17.9 Å². The third kappa shape index (κ3) is 4.40. The van der Waals surface area contributed by atoms with Crippen LogP contribution in [0.5, 0.6) is 0 Å². The zero-order valence-electron chi connectivity index (χ0n) is 13.7. The molecule has 25 heavy (non-hydrogen) atoms. The van der Waals surface area contributed by atoms with Gasteiger partial charge >= 0.3 is 17.9 Å². The van der Waals surface area contributed by atoms with Crippen molar-refractivity contribution in [3.05, 3.63) is 41.3 Å². The summed E-state index contributed by atoms with van der Waals surface area (Å²) in [5.41, 5.74) is 0.372. The van der Waals surface area contributed by atoms with Gasteiger partial charge in [-0.1, -0.05) is 18.7 Å². The first-order valence-corrected chi connectivity index (χ1v) is 8.94. The molecular formula is C17H16O6S2. The van der Waals surface area contributed by atoms with Crippen LogP contribution in [0.2, 0.25) is 0 Å². The monoisotopic (exact) mass is 380 g/mol. The van der Waals surface area contributed by atoms with E-state index in [0.717, 1.165) is 10.1 Å². The van der Waals surface area contributed by atoms with Gasteiger partial charge in [0, 0.05) is 15.0 Å². The van der Waals surface area contributed by atoms with Gasteiger partial charge in [0.25, 0.3) is 0 Å².